The summed E-state index contributed by atoms with van der Waals surface area (Å²) in [6.45, 7) is 4.28. The summed E-state index contributed by atoms with van der Waals surface area (Å²) in [5, 5.41) is 14.8. The SMILES string of the molecule is CC(C)c1ccc(C(O)c2c(Cl)cnn2C)cc1. The van der Waals surface area contributed by atoms with Gasteiger partial charge in [-0.3, -0.25) is 4.68 Å². The zero-order valence-corrected chi connectivity index (χ0v) is 11.5. The second-order valence-corrected chi connectivity index (χ2v) is 5.13. The Hall–Kier alpha value is -1.32. The lowest BCUT2D eigenvalue weighted by Gasteiger charge is -2.13. The van der Waals surface area contributed by atoms with Gasteiger partial charge in [0.15, 0.2) is 0 Å². The fourth-order valence-electron chi connectivity index (χ4n) is 1.95. The Morgan fingerprint density at radius 3 is 2.17 bits per heavy atom. The maximum absolute atomic E-state index is 10.3. The summed E-state index contributed by atoms with van der Waals surface area (Å²) in [4.78, 5) is 0. The number of benzene rings is 1. The molecule has 0 fully saturated rings. The lowest BCUT2D eigenvalue weighted by molar-refractivity contribution is 0.210. The Balaban J connectivity index is 2.32. The first-order valence-corrected chi connectivity index (χ1v) is 6.33. The van der Waals surface area contributed by atoms with Gasteiger partial charge in [0.1, 0.15) is 6.10 Å². The quantitative estimate of drug-likeness (QED) is 0.924. The van der Waals surface area contributed by atoms with Gasteiger partial charge in [0.25, 0.3) is 0 Å². The van der Waals surface area contributed by atoms with E-state index in [1.54, 1.807) is 17.9 Å². The Morgan fingerprint density at radius 2 is 1.72 bits per heavy atom. The highest BCUT2D eigenvalue weighted by Gasteiger charge is 2.18. The van der Waals surface area contributed by atoms with Crippen LogP contribution in [0.2, 0.25) is 5.02 Å². The number of hydrogen-bond donors (Lipinski definition) is 1. The molecule has 0 aliphatic rings. The van der Waals surface area contributed by atoms with E-state index in [-0.39, 0.29) is 0 Å². The molecule has 0 aliphatic carbocycles. The molecule has 18 heavy (non-hydrogen) atoms. The minimum atomic E-state index is -0.744. The van der Waals surface area contributed by atoms with E-state index in [0.29, 0.717) is 16.6 Å². The zero-order chi connectivity index (χ0) is 13.3. The molecule has 0 radical (unpaired) electrons. The van der Waals surface area contributed by atoms with Crippen molar-refractivity contribution in [2.45, 2.75) is 25.9 Å². The van der Waals surface area contributed by atoms with Crippen molar-refractivity contribution in [3.05, 3.63) is 52.3 Å². The number of nitrogens with zero attached hydrogens (tertiary/aromatic N) is 2. The highest BCUT2D eigenvalue weighted by Crippen LogP contribution is 2.28. The van der Waals surface area contributed by atoms with E-state index in [2.05, 4.69) is 18.9 Å². The van der Waals surface area contributed by atoms with Crippen molar-refractivity contribution in [1.82, 2.24) is 9.78 Å². The van der Waals surface area contributed by atoms with Crippen molar-refractivity contribution in [3.8, 4) is 0 Å². The van der Waals surface area contributed by atoms with Gasteiger partial charge in [-0.1, -0.05) is 49.7 Å². The molecular formula is C14H17ClN2O. The van der Waals surface area contributed by atoms with Crippen molar-refractivity contribution in [1.29, 1.82) is 0 Å². The van der Waals surface area contributed by atoms with Gasteiger partial charge in [-0.25, -0.2) is 0 Å². The van der Waals surface area contributed by atoms with Gasteiger partial charge < -0.3 is 5.11 Å². The molecule has 2 aromatic rings. The van der Waals surface area contributed by atoms with Gasteiger partial charge >= 0.3 is 0 Å². The summed E-state index contributed by atoms with van der Waals surface area (Å²) >= 11 is 6.03. The van der Waals surface area contributed by atoms with Crippen LogP contribution in [0, 0.1) is 0 Å². The van der Waals surface area contributed by atoms with Crippen molar-refractivity contribution in [2.24, 2.45) is 7.05 Å². The molecule has 0 saturated heterocycles. The van der Waals surface area contributed by atoms with Gasteiger partial charge in [0, 0.05) is 7.05 Å². The number of aliphatic hydroxyl groups excluding tert-OH is 1. The Morgan fingerprint density at radius 1 is 1.17 bits per heavy atom. The van der Waals surface area contributed by atoms with Crippen molar-refractivity contribution in [3.63, 3.8) is 0 Å². The van der Waals surface area contributed by atoms with Gasteiger partial charge in [-0.15, -0.1) is 0 Å². The van der Waals surface area contributed by atoms with E-state index in [1.807, 2.05) is 24.3 Å². The first kappa shape index (κ1) is 13.1. The number of aryl methyl sites for hydroxylation is 1. The molecule has 0 aliphatic heterocycles. The molecule has 1 unspecified atom stereocenters. The second-order valence-electron chi connectivity index (χ2n) is 4.73. The molecule has 0 spiro atoms. The van der Waals surface area contributed by atoms with E-state index < -0.39 is 6.10 Å². The summed E-state index contributed by atoms with van der Waals surface area (Å²) in [7, 11) is 1.77. The average molecular weight is 265 g/mol. The second kappa shape index (κ2) is 5.12. The van der Waals surface area contributed by atoms with Crippen LogP contribution in [-0.4, -0.2) is 14.9 Å². The van der Waals surface area contributed by atoms with Crippen LogP contribution in [-0.2, 0) is 7.05 Å². The summed E-state index contributed by atoms with van der Waals surface area (Å²) in [6.07, 6.45) is 0.800. The number of aliphatic hydroxyl groups is 1. The van der Waals surface area contributed by atoms with Crippen LogP contribution >= 0.6 is 11.6 Å². The molecule has 4 heteroatoms. The molecule has 1 aromatic carbocycles. The zero-order valence-electron chi connectivity index (χ0n) is 10.8. The van der Waals surface area contributed by atoms with E-state index in [4.69, 9.17) is 11.6 Å². The van der Waals surface area contributed by atoms with Crippen LogP contribution in [0.1, 0.15) is 42.7 Å². The lowest BCUT2D eigenvalue weighted by Crippen LogP contribution is -2.07. The summed E-state index contributed by atoms with van der Waals surface area (Å²) in [5.41, 5.74) is 2.70. The number of hydrogen-bond acceptors (Lipinski definition) is 2. The van der Waals surface area contributed by atoms with E-state index in [0.717, 1.165) is 5.56 Å². The third kappa shape index (κ3) is 2.42. The number of halogens is 1. The molecule has 3 nitrogen and oxygen atoms in total. The Bertz CT molecular complexity index is 512. The highest BCUT2D eigenvalue weighted by molar-refractivity contribution is 6.31. The topological polar surface area (TPSA) is 38.1 Å². The van der Waals surface area contributed by atoms with Gasteiger partial charge in [-0.2, -0.15) is 5.10 Å². The maximum Gasteiger partial charge on any atom is 0.122 e. The lowest BCUT2D eigenvalue weighted by atomic mass is 9.99. The standard InChI is InChI=1S/C14H17ClN2O/c1-9(2)10-4-6-11(7-5-10)14(18)13-12(15)8-16-17(13)3/h4-9,14,18H,1-3H3. The van der Waals surface area contributed by atoms with Crippen LogP contribution in [0.3, 0.4) is 0 Å². The predicted molar refractivity (Wildman–Crippen MR) is 72.8 cm³/mol. The minimum Gasteiger partial charge on any atom is -0.382 e. The highest BCUT2D eigenvalue weighted by atomic mass is 35.5. The van der Waals surface area contributed by atoms with Crippen LogP contribution in [0.4, 0.5) is 0 Å². The molecule has 1 atom stereocenters. The molecule has 1 N–H and O–H groups in total. The minimum absolute atomic E-state index is 0.483. The Kier molecular flexibility index (Phi) is 3.73. The molecule has 1 heterocycles. The van der Waals surface area contributed by atoms with E-state index in [1.165, 1.54) is 5.56 Å². The fraction of sp³-hybridized carbons (Fsp3) is 0.357. The first-order chi connectivity index (χ1) is 8.50. The van der Waals surface area contributed by atoms with Crippen LogP contribution in [0.25, 0.3) is 0 Å². The van der Waals surface area contributed by atoms with Crippen molar-refractivity contribution >= 4 is 11.6 Å². The third-order valence-corrected chi connectivity index (χ3v) is 3.41. The van der Waals surface area contributed by atoms with E-state index >= 15 is 0 Å². The van der Waals surface area contributed by atoms with Crippen LogP contribution in [0.15, 0.2) is 30.5 Å². The fourth-order valence-corrected chi connectivity index (χ4v) is 2.22. The van der Waals surface area contributed by atoms with Gasteiger partial charge in [0.05, 0.1) is 16.9 Å². The monoisotopic (exact) mass is 264 g/mol. The summed E-state index contributed by atoms with van der Waals surface area (Å²) < 4.78 is 1.60. The van der Waals surface area contributed by atoms with Crippen molar-refractivity contribution in [2.75, 3.05) is 0 Å². The molecule has 96 valence electrons. The number of aromatic nitrogens is 2. The normalized spacial score (nSPS) is 13.0. The van der Waals surface area contributed by atoms with E-state index in [9.17, 15) is 5.11 Å². The molecule has 1 aromatic heterocycles. The smallest absolute Gasteiger partial charge is 0.122 e. The Labute approximate surface area is 112 Å². The largest absolute Gasteiger partial charge is 0.382 e. The molecule has 0 bridgehead atoms. The molecule has 0 amide bonds. The van der Waals surface area contributed by atoms with Crippen LogP contribution < -0.4 is 0 Å². The summed E-state index contributed by atoms with van der Waals surface area (Å²) in [6, 6.07) is 7.94. The molecular weight excluding hydrogens is 248 g/mol. The summed E-state index contributed by atoms with van der Waals surface area (Å²) in [5.74, 6) is 0.483. The van der Waals surface area contributed by atoms with Gasteiger partial charge in [0.2, 0.25) is 0 Å². The van der Waals surface area contributed by atoms with Gasteiger partial charge in [-0.05, 0) is 17.0 Å². The van der Waals surface area contributed by atoms with Crippen molar-refractivity contribution < 1.29 is 5.11 Å². The average Bonchev–Trinajstić information content (AvgIpc) is 2.68. The van der Waals surface area contributed by atoms with Crippen LogP contribution in [0.5, 0.6) is 0 Å². The molecule has 0 saturated carbocycles. The first-order valence-electron chi connectivity index (χ1n) is 5.96. The number of rotatable bonds is 3. The third-order valence-electron chi connectivity index (χ3n) is 3.12. The molecule has 2 rings (SSSR count). The predicted octanol–water partition coefficient (Wildman–Crippen LogP) is 3.28. The maximum atomic E-state index is 10.3.